The molecule has 0 aliphatic rings. The van der Waals surface area contributed by atoms with Crippen LogP contribution in [0, 0.1) is 0 Å². The highest BCUT2D eigenvalue weighted by Gasteiger charge is 2.21. The summed E-state index contributed by atoms with van der Waals surface area (Å²) in [6, 6.07) is 10.7. The molecule has 1 heterocycles. The normalized spacial score (nSPS) is 11.5. The van der Waals surface area contributed by atoms with E-state index in [0.717, 1.165) is 0 Å². The van der Waals surface area contributed by atoms with Gasteiger partial charge in [0.1, 0.15) is 0 Å². The van der Waals surface area contributed by atoms with Gasteiger partial charge >= 0.3 is 5.69 Å². The third kappa shape index (κ3) is 3.72. The molecule has 0 saturated heterocycles. The van der Waals surface area contributed by atoms with E-state index in [9.17, 15) is 18.0 Å². The summed E-state index contributed by atoms with van der Waals surface area (Å²) >= 11 is 0. The van der Waals surface area contributed by atoms with Crippen molar-refractivity contribution in [1.82, 2.24) is 14.9 Å². The van der Waals surface area contributed by atoms with Crippen molar-refractivity contribution in [2.75, 3.05) is 17.8 Å². The Bertz CT molecular complexity index is 1140. The molecule has 3 rings (SSSR count). The number of amides is 1. The second-order valence-electron chi connectivity index (χ2n) is 5.92. The molecule has 0 saturated carbocycles. The lowest BCUT2D eigenvalue weighted by atomic mass is 10.1. The Labute approximate surface area is 156 Å². The Morgan fingerprint density at radius 2 is 1.70 bits per heavy atom. The summed E-state index contributed by atoms with van der Waals surface area (Å²) in [5.74, 6) is -0.247. The molecule has 0 fully saturated rings. The molecule has 3 N–H and O–H groups in total. The van der Waals surface area contributed by atoms with Crippen LogP contribution in [0.3, 0.4) is 0 Å². The molecular weight excluding hydrogens is 368 g/mol. The highest BCUT2D eigenvalue weighted by atomic mass is 32.2. The van der Waals surface area contributed by atoms with Crippen molar-refractivity contribution in [2.24, 2.45) is 0 Å². The number of H-pyrrole nitrogens is 2. The molecule has 1 amide bonds. The third-order valence-corrected chi connectivity index (χ3v) is 5.61. The van der Waals surface area contributed by atoms with Crippen molar-refractivity contribution in [3.05, 3.63) is 58.5 Å². The van der Waals surface area contributed by atoms with Crippen LogP contribution in [0.25, 0.3) is 11.0 Å². The minimum atomic E-state index is -3.95. The number of carbonyl (C=O) groups excluding carboxylic acids is 1. The summed E-state index contributed by atoms with van der Waals surface area (Å²) in [5, 5.41) is 0. The number of sulfonamides is 1. The number of aromatic amines is 2. The SMILES string of the molecule is CCN(CC)C(=O)c1ccccc1NS(=O)(=O)c1ccc2[nH]c(=O)[nH]c2c1. The number of aromatic nitrogens is 2. The zero-order valence-corrected chi connectivity index (χ0v) is 15.8. The monoisotopic (exact) mass is 388 g/mol. The number of benzene rings is 2. The van der Waals surface area contributed by atoms with Gasteiger partial charge in [0, 0.05) is 13.1 Å². The predicted molar refractivity (Wildman–Crippen MR) is 103 cm³/mol. The quantitative estimate of drug-likeness (QED) is 0.600. The number of imidazole rings is 1. The fraction of sp³-hybridized carbons (Fsp3) is 0.222. The van der Waals surface area contributed by atoms with Gasteiger partial charge in [0.15, 0.2) is 0 Å². The molecule has 0 radical (unpaired) electrons. The number of anilines is 1. The van der Waals surface area contributed by atoms with Gasteiger partial charge < -0.3 is 14.9 Å². The first kappa shape index (κ1) is 18.7. The number of rotatable bonds is 6. The van der Waals surface area contributed by atoms with Crippen LogP contribution in [0.1, 0.15) is 24.2 Å². The van der Waals surface area contributed by atoms with E-state index < -0.39 is 15.7 Å². The van der Waals surface area contributed by atoms with Gasteiger partial charge in [0.05, 0.1) is 27.2 Å². The fourth-order valence-corrected chi connectivity index (χ4v) is 3.93. The number of carbonyl (C=O) groups is 1. The van der Waals surface area contributed by atoms with E-state index in [1.807, 2.05) is 13.8 Å². The van der Waals surface area contributed by atoms with Crippen LogP contribution in [-0.2, 0) is 10.0 Å². The van der Waals surface area contributed by atoms with E-state index in [1.54, 1.807) is 29.2 Å². The van der Waals surface area contributed by atoms with Crippen molar-refractivity contribution >= 4 is 32.7 Å². The molecule has 142 valence electrons. The molecule has 0 atom stereocenters. The molecule has 3 aromatic rings. The van der Waals surface area contributed by atoms with Crippen LogP contribution < -0.4 is 10.4 Å². The van der Waals surface area contributed by atoms with Crippen molar-refractivity contribution in [2.45, 2.75) is 18.7 Å². The summed E-state index contributed by atoms with van der Waals surface area (Å²) < 4.78 is 28.1. The molecule has 0 unspecified atom stereocenters. The molecule has 27 heavy (non-hydrogen) atoms. The summed E-state index contributed by atoms with van der Waals surface area (Å²) in [6.45, 7) is 4.77. The van der Waals surface area contributed by atoms with Crippen molar-refractivity contribution < 1.29 is 13.2 Å². The maximum atomic E-state index is 12.8. The third-order valence-electron chi connectivity index (χ3n) is 4.25. The molecule has 9 heteroatoms. The number of hydrogen-bond acceptors (Lipinski definition) is 4. The molecular formula is C18H20N4O4S. The second kappa shape index (κ2) is 7.28. The van der Waals surface area contributed by atoms with Gasteiger partial charge in [-0.05, 0) is 44.2 Å². The van der Waals surface area contributed by atoms with Crippen LogP contribution in [0.5, 0.6) is 0 Å². The number of para-hydroxylation sites is 1. The van der Waals surface area contributed by atoms with Gasteiger partial charge in [-0.15, -0.1) is 0 Å². The molecule has 0 bridgehead atoms. The standard InChI is InChI=1S/C18H20N4O4S/c1-3-22(4-2)17(23)13-7-5-6-8-14(13)21-27(25,26)12-9-10-15-16(11-12)20-18(24)19-15/h5-11,21H,3-4H2,1-2H3,(H2,19,20,24). The number of hydrogen-bond donors (Lipinski definition) is 3. The Balaban J connectivity index is 1.98. The molecule has 1 aromatic heterocycles. The van der Waals surface area contributed by atoms with E-state index in [4.69, 9.17) is 0 Å². The first-order chi connectivity index (χ1) is 12.9. The zero-order chi connectivity index (χ0) is 19.6. The maximum absolute atomic E-state index is 12.8. The van der Waals surface area contributed by atoms with Crippen molar-refractivity contribution in [3.63, 3.8) is 0 Å². The first-order valence-corrected chi connectivity index (χ1v) is 9.97. The average molecular weight is 388 g/mol. The van der Waals surface area contributed by atoms with Crippen LogP contribution in [0.15, 0.2) is 52.2 Å². The zero-order valence-electron chi connectivity index (χ0n) is 14.9. The van der Waals surface area contributed by atoms with Crippen molar-refractivity contribution in [1.29, 1.82) is 0 Å². The van der Waals surface area contributed by atoms with E-state index in [-0.39, 0.29) is 22.1 Å². The van der Waals surface area contributed by atoms with Crippen LogP contribution in [0.2, 0.25) is 0 Å². The maximum Gasteiger partial charge on any atom is 0.323 e. The fourth-order valence-electron chi connectivity index (χ4n) is 2.82. The van der Waals surface area contributed by atoms with Crippen LogP contribution in [-0.4, -0.2) is 42.3 Å². The Kier molecular flexibility index (Phi) is 5.04. The molecule has 0 aliphatic carbocycles. The van der Waals surface area contributed by atoms with E-state index in [1.165, 1.54) is 18.2 Å². The highest BCUT2D eigenvalue weighted by molar-refractivity contribution is 7.92. The Morgan fingerprint density at radius 1 is 1.04 bits per heavy atom. The molecule has 0 aliphatic heterocycles. The summed E-state index contributed by atoms with van der Waals surface area (Å²) in [4.78, 5) is 30.7. The van der Waals surface area contributed by atoms with Gasteiger partial charge in [-0.1, -0.05) is 12.1 Å². The number of fused-ring (bicyclic) bond motifs is 1. The van der Waals surface area contributed by atoms with E-state index >= 15 is 0 Å². The minimum absolute atomic E-state index is 0.0182. The molecule has 8 nitrogen and oxygen atoms in total. The van der Waals surface area contributed by atoms with Gasteiger partial charge in [0.25, 0.3) is 15.9 Å². The number of nitrogens with zero attached hydrogens (tertiary/aromatic N) is 1. The van der Waals surface area contributed by atoms with Gasteiger partial charge in [0.2, 0.25) is 0 Å². The van der Waals surface area contributed by atoms with Crippen LogP contribution >= 0.6 is 0 Å². The minimum Gasteiger partial charge on any atom is -0.339 e. The summed E-state index contributed by atoms with van der Waals surface area (Å²) in [6.07, 6.45) is 0. The van der Waals surface area contributed by atoms with Crippen molar-refractivity contribution in [3.8, 4) is 0 Å². The lowest BCUT2D eigenvalue weighted by molar-refractivity contribution is 0.0774. The van der Waals surface area contributed by atoms with Gasteiger partial charge in [-0.3, -0.25) is 9.52 Å². The van der Waals surface area contributed by atoms with E-state index in [2.05, 4.69) is 14.7 Å². The average Bonchev–Trinajstić information content (AvgIpc) is 3.02. The molecule has 2 aromatic carbocycles. The van der Waals surface area contributed by atoms with Crippen LogP contribution in [0.4, 0.5) is 5.69 Å². The first-order valence-electron chi connectivity index (χ1n) is 8.49. The van der Waals surface area contributed by atoms with Gasteiger partial charge in [-0.2, -0.15) is 0 Å². The Hall–Kier alpha value is -3.07. The Morgan fingerprint density at radius 3 is 2.41 bits per heavy atom. The smallest absolute Gasteiger partial charge is 0.323 e. The largest absolute Gasteiger partial charge is 0.339 e. The predicted octanol–water partition coefficient (Wildman–Crippen LogP) is 2.14. The molecule has 0 spiro atoms. The van der Waals surface area contributed by atoms with Gasteiger partial charge in [-0.25, -0.2) is 13.2 Å². The second-order valence-corrected chi connectivity index (χ2v) is 7.60. The number of nitrogens with one attached hydrogen (secondary N) is 3. The summed E-state index contributed by atoms with van der Waals surface area (Å²) in [5.41, 5.74) is 0.965. The topological polar surface area (TPSA) is 115 Å². The van der Waals surface area contributed by atoms with E-state index in [0.29, 0.717) is 24.1 Å². The lowest BCUT2D eigenvalue weighted by Gasteiger charge is -2.20. The highest BCUT2D eigenvalue weighted by Crippen LogP contribution is 2.23. The lowest BCUT2D eigenvalue weighted by Crippen LogP contribution is -2.31. The summed E-state index contributed by atoms with van der Waals surface area (Å²) in [7, 11) is -3.95.